The van der Waals surface area contributed by atoms with E-state index in [-0.39, 0.29) is 5.91 Å². The molecule has 2 heterocycles. The molecular weight excluding hydrogens is 350 g/mol. The number of hydrogen-bond acceptors (Lipinski definition) is 5. The van der Waals surface area contributed by atoms with Crippen LogP contribution in [0.2, 0.25) is 0 Å². The first-order valence-electron chi connectivity index (χ1n) is 9.63. The van der Waals surface area contributed by atoms with Crippen molar-refractivity contribution in [1.82, 2.24) is 0 Å². The van der Waals surface area contributed by atoms with Crippen molar-refractivity contribution in [2.45, 2.75) is 19.3 Å². The van der Waals surface area contributed by atoms with E-state index in [1.165, 1.54) is 11.3 Å². The molecule has 1 amide bonds. The van der Waals surface area contributed by atoms with Crippen LogP contribution in [-0.2, 0) is 11.2 Å². The molecule has 0 saturated heterocycles. The number of hydrogen-bond donors (Lipinski definition) is 3. The summed E-state index contributed by atoms with van der Waals surface area (Å²) in [5, 5.41) is 6.45. The fourth-order valence-electron chi connectivity index (χ4n) is 3.95. The Labute approximate surface area is 165 Å². The number of allylic oxidation sites excluding steroid dienone is 1. The van der Waals surface area contributed by atoms with Gasteiger partial charge in [0.25, 0.3) is 0 Å². The van der Waals surface area contributed by atoms with E-state index in [1.807, 2.05) is 12.1 Å². The number of fused-ring (bicyclic) bond motifs is 2. The fourth-order valence-corrected chi connectivity index (χ4v) is 3.95. The summed E-state index contributed by atoms with van der Waals surface area (Å²) in [6.45, 7) is 1.57. The molecule has 0 radical (unpaired) electrons. The minimum absolute atomic E-state index is 0.0470. The largest absolute Gasteiger partial charge is 0.404 e. The highest BCUT2D eigenvalue weighted by molar-refractivity contribution is 6.09. The van der Waals surface area contributed by atoms with E-state index in [0.717, 1.165) is 47.6 Å². The summed E-state index contributed by atoms with van der Waals surface area (Å²) in [7, 11) is 1.75. The van der Waals surface area contributed by atoms with Gasteiger partial charge in [-0.3, -0.25) is 9.79 Å². The van der Waals surface area contributed by atoms with E-state index in [0.29, 0.717) is 13.0 Å². The molecule has 0 saturated carbocycles. The number of benzene rings is 2. The lowest BCUT2D eigenvalue weighted by Gasteiger charge is -2.33. The number of nitrogens with one attached hydrogen (secondary N) is 2. The van der Waals surface area contributed by atoms with Gasteiger partial charge in [-0.05, 0) is 48.2 Å². The molecule has 0 aromatic heterocycles. The lowest BCUT2D eigenvalue weighted by Crippen LogP contribution is -2.25. The summed E-state index contributed by atoms with van der Waals surface area (Å²) in [6.07, 6.45) is 5.95. The zero-order valence-electron chi connectivity index (χ0n) is 16.0. The molecule has 0 spiro atoms. The molecule has 0 atom stereocenters. The quantitative estimate of drug-likeness (QED) is 0.717. The number of amides is 1. The molecule has 2 aliphatic rings. The third-order valence-electron chi connectivity index (χ3n) is 5.24. The standard InChI is InChI=1S/C22H25N5O/c1-24-14-17(13-23)15-7-8-19-16(12-15)4-3-11-27(19)20-6-2-5-18-22(20)25-10-9-21(28)26-18/h2,5-8,12-14,25H,3-4,9-11,23H2,1H3,(H,26,28). The second-order valence-corrected chi connectivity index (χ2v) is 7.03. The molecule has 2 aromatic carbocycles. The van der Waals surface area contributed by atoms with Gasteiger partial charge < -0.3 is 21.3 Å². The van der Waals surface area contributed by atoms with Crippen LogP contribution < -0.4 is 21.3 Å². The molecule has 6 heteroatoms. The maximum Gasteiger partial charge on any atom is 0.226 e. The van der Waals surface area contributed by atoms with Crippen LogP contribution in [0.4, 0.5) is 22.7 Å². The third-order valence-corrected chi connectivity index (χ3v) is 5.24. The topological polar surface area (TPSA) is 82.8 Å². The molecule has 4 N–H and O–H groups in total. The highest BCUT2D eigenvalue weighted by Gasteiger charge is 2.24. The van der Waals surface area contributed by atoms with Crippen molar-refractivity contribution >= 4 is 40.4 Å². The van der Waals surface area contributed by atoms with Crippen molar-refractivity contribution < 1.29 is 4.79 Å². The molecule has 0 aliphatic carbocycles. The Balaban J connectivity index is 1.75. The number of nitrogens with two attached hydrogens (primary N) is 1. The first kappa shape index (κ1) is 18.1. The molecular formula is C22H25N5O. The van der Waals surface area contributed by atoms with Gasteiger partial charge in [-0.25, -0.2) is 0 Å². The van der Waals surface area contributed by atoms with Crippen molar-refractivity contribution in [2.75, 3.05) is 35.7 Å². The van der Waals surface area contributed by atoms with Crippen LogP contribution in [0.5, 0.6) is 0 Å². The number of carbonyl (C=O) groups excluding carboxylic acids is 1. The molecule has 2 aromatic rings. The van der Waals surface area contributed by atoms with Gasteiger partial charge in [0, 0.05) is 50.2 Å². The summed E-state index contributed by atoms with van der Waals surface area (Å²) in [5.41, 5.74) is 13.2. The van der Waals surface area contributed by atoms with Crippen LogP contribution >= 0.6 is 0 Å². The number of aryl methyl sites for hydroxylation is 1. The van der Waals surface area contributed by atoms with Crippen molar-refractivity contribution in [2.24, 2.45) is 10.7 Å². The SMILES string of the molecule is CN=CC(=CN)c1ccc2c(c1)CCCN2c1cccc2c1NCCC(=O)N2. The zero-order valence-corrected chi connectivity index (χ0v) is 16.0. The number of rotatable bonds is 3. The first-order valence-corrected chi connectivity index (χ1v) is 9.63. The first-order chi connectivity index (χ1) is 13.7. The van der Waals surface area contributed by atoms with E-state index in [1.54, 1.807) is 19.5 Å². The molecule has 0 bridgehead atoms. The number of nitrogens with zero attached hydrogens (tertiary/aromatic N) is 2. The maximum absolute atomic E-state index is 11.9. The normalized spacial score (nSPS) is 16.8. The lowest BCUT2D eigenvalue weighted by molar-refractivity contribution is -0.115. The molecule has 0 unspecified atom stereocenters. The number of anilines is 4. The summed E-state index contributed by atoms with van der Waals surface area (Å²) >= 11 is 0. The van der Waals surface area contributed by atoms with Gasteiger partial charge in [0.15, 0.2) is 0 Å². The Morgan fingerprint density at radius 3 is 2.93 bits per heavy atom. The van der Waals surface area contributed by atoms with E-state index in [9.17, 15) is 4.79 Å². The predicted molar refractivity (Wildman–Crippen MR) is 117 cm³/mol. The average Bonchev–Trinajstić information content (AvgIpc) is 2.91. The van der Waals surface area contributed by atoms with Crippen molar-refractivity contribution in [3.8, 4) is 0 Å². The minimum atomic E-state index is 0.0470. The van der Waals surface area contributed by atoms with E-state index in [2.05, 4.69) is 44.8 Å². The van der Waals surface area contributed by atoms with Gasteiger partial charge in [-0.15, -0.1) is 0 Å². The number of para-hydroxylation sites is 1. The number of carbonyl (C=O) groups is 1. The Bertz CT molecular complexity index is 963. The lowest BCUT2D eigenvalue weighted by atomic mass is 9.96. The van der Waals surface area contributed by atoms with Crippen LogP contribution in [0.1, 0.15) is 24.0 Å². The minimum Gasteiger partial charge on any atom is -0.404 e. The van der Waals surface area contributed by atoms with Gasteiger partial charge >= 0.3 is 0 Å². The maximum atomic E-state index is 11.9. The Hall–Kier alpha value is -3.28. The van der Waals surface area contributed by atoms with Gasteiger partial charge in [0.05, 0.1) is 17.1 Å². The molecule has 6 nitrogen and oxygen atoms in total. The highest BCUT2D eigenvalue weighted by atomic mass is 16.1. The van der Waals surface area contributed by atoms with Crippen molar-refractivity contribution in [3.05, 3.63) is 53.7 Å². The van der Waals surface area contributed by atoms with Crippen molar-refractivity contribution in [3.63, 3.8) is 0 Å². The van der Waals surface area contributed by atoms with Crippen LogP contribution in [0.25, 0.3) is 5.57 Å². The van der Waals surface area contributed by atoms with Crippen LogP contribution in [-0.4, -0.2) is 32.3 Å². The molecule has 2 aliphatic heterocycles. The monoisotopic (exact) mass is 375 g/mol. The molecule has 4 rings (SSSR count). The zero-order chi connectivity index (χ0) is 19.5. The van der Waals surface area contributed by atoms with E-state index < -0.39 is 0 Å². The Morgan fingerprint density at radius 2 is 2.11 bits per heavy atom. The van der Waals surface area contributed by atoms with E-state index in [4.69, 9.17) is 5.73 Å². The third kappa shape index (κ3) is 3.33. The second kappa shape index (κ2) is 7.76. The molecule has 28 heavy (non-hydrogen) atoms. The Kier molecular flexibility index (Phi) is 5.02. The highest BCUT2D eigenvalue weighted by Crippen LogP contribution is 2.41. The summed E-state index contributed by atoms with van der Waals surface area (Å²) in [4.78, 5) is 18.4. The van der Waals surface area contributed by atoms with Gasteiger partial charge in [-0.1, -0.05) is 12.1 Å². The van der Waals surface area contributed by atoms with Gasteiger partial charge in [0.1, 0.15) is 0 Å². The summed E-state index contributed by atoms with van der Waals surface area (Å²) in [6, 6.07) is 12.5. The van der Waals surface area contributed by atoms with Crippen LogP contribution in [0.3, 0.4) is 0 Å². The average molecular weight is 375 g/mol. The molecule has 144 valence electrons. The second-order valence-electron chi connectivity index (χ2n) is 7.03. The smallest absolute Gasteiger partial charge is 0.226 e. The van der Waals surface area contributed by atoms with Crippen molar-refractivity contribution in [1.29, 1.82) is 0 Å². The predicted octanol–water partition coefficient (Wildman–Crippen LogP) is 3.53. The fraction of sp³-hybridized carbons (Fsp3) is 0.273. The Morgan fingerprint density at radius 1 is 1.21 bits per heavy atom. The van der Waals surface area contributed by atoms with Gasteiger partial charge in [0.2, 0.25) is 5.91 Å². The summed E-state index contributed by atoms with van der Waals surface area (Å²) in [5.74, 6) is 0.0470. The van der Waals surface area contributed by atoms with Crippen LogP contribution in [0.15, 0.2) is 47.6 Å². The summed E-state index contributed by atoms with van der Waals surface area (Å²) < 4.78 is 0. The molecule has 0 fully saturated rings. The van der Waals surface area contributed by atoms with Gasteiger partial charge in [-0.2, -0.15) is 0 Å². The van der Waals surface area contributed by atoms with Crippen LogP contribution in [0, 0.1) is 0 Å². The van der Waals surface area contributed by atoms with E-state index >= 15 is 0 Å². The number of aliphatic imine (C=N–C) groups is 1.